The standard InChI is InChI=1S/C32H46N4O5/c1-7-22-26(18-36(27(22)20(3)37)30(38)28(32(4,5)6)35-31(39)40)41-29-25(16-10-8-9-13-21-17-19(21)2)33-23-14-11-12-15-24(23)34-29/h11-12,14-15,19,21-22,26-28,35H,7-10,13,16-18H2,1-6H3,(H,39,40)/t19?,21-,22-,26+,27-,28-/m1/s1. The van der Waals surface area contributed by atoms with Crippen LogP contribution >= 0.6 is 0 Å². The Morgan fingerprint density at radius 2 is 1.78 bits per heavy atom. The molecule has 9 heteroatoms. The fourth-order valence-electron chi connectivity index (χ4n) is 6.27. The molecule has 2 N–H and O–H groups in total. The van der Waals surface area contributed by atoms with Gasteiger partial charge in [0.25, 0.3) is 0 Å². The van der Waals surface area contributed by atoms with Crippen molar-refractivity contribution in [3.8, 4) is 5.88 Å². The zero-order chi connectivity index (χ0) is 29.9. The quantitative estimate of drug-likeness (QED) is 0.319. The molecule has 2 heterocycles. The molecule has 2 aromatic rings. The fraction of sp³-hybridized carbons (Fsp3) is 0.656. The summed E-state index contributed by atoms with van der Waals surface area (Å²) in [5, 5.41) is 11.8. The number of aromatic nitrogens is 2. The van der Waals surface area contributed by atoms with Gasteiger partial charge in [-0.25, -0.2) is 14.8 Å². The molecule has 2 aliphatic rings. The molecule has 9 nitrogen and oxygen atoms in total. The number of unbranched alkanes of at least 4 members (excludes halogenated alkanes) is 2. The van der Waals surface area contributed by atoms with E-state index in [1.54, 1.807) is 20.8 Å². The summed E-state index contributed by atoms with van der Waals surface area (Å²) in [5.41, 5.74) is 1.65. The highest BCUT2D eigenvalue weighted by atomic mass is 16.5. The van der Waals surface area contributed by atoms with E-state index in [0.717, 1.165) is 47.8 Å². The number of ketones is 1. The number of Topliss-reactive ketones (excluding diaryl/α,β-unsaturated/α-hetero) is 1. The monoisotopic (exact) mass is 566 g/mol. The third-order valence-electron chi connectivity index (χ3n) is 8.78. The maximum absolute atomic E-state index is 13.8. The van der Waals surface area contributed by atoms with Crippen LogP contribution in [0.4, 0.5) is 4.79 Å². The second-order valence-corrected chi connectivity index (χ2v) is 13.1. The molecule has 224 valence electrons. The second-order valence-electron chi connectivity index (χ2n) is 13.1. The molecule has 0 bridgehead atoms. The van der Waals surface area contributed by atoms with Crippen molar-refractivity contribution >= 4 is 28.8 Å². The Labute approximate surface area is 243 Å². The van der Waals surface area contributed by atoms with E-state index in [1.807, 2.05) is 31.2 Å². The van der Waals surface area contributed by atoms with Crippen molar-refractivity contribution in [3.63, 3.8) is 0 Å². The molecule has 1 saturated heterocycles. The summed E-state index contributed by atoms with van der Waals surface area (Å²) in [6.45, 7) is 11.4. The molecule has 4 rings (SSSR count). The van der Waals surface area contributed by atoms with Crippen LogP contribution in [0, 0.1) is 23.2 Å². The average Bonchev–Trinajstić information content (AvgIpc) is 3.48. The highest BCUT2D eigenvalue weighted by Crippen LogP contribution is 2.41. The Morgan fingerprint density at radius 3 is 2.34 bits per heavy atom. The van der Waals surface area contributed by atoms with Crippen molar-refractivity contribution in [2.45, 2.75) is 105 Å². The van der Waals surface area contributed by atoms with E-state index in [-0.39, 0.29) is 18.2 Å². The number of carbonyl (C=O) groups is 3. The molecular weight excluding hydrogens is 520 g/mol. The predicted molar refractivity (Wildman–Crippen MR) is 158 cm³/mol. The minimum atomic E-state index is -1.28. The van der Waals surface area contributed by atoms with Crippen LogP contribution < -0.4 is 10.1 Å². The van der Waals surface area contributed by atoms with Crippen LogP contribution in [0.1, 0.15) is 85.8 Å². The zero-order valence-corrected chi connectivity index (χ0v) is 25.4. The molecule has 6 atom stereocenters. The number of benzene rings is 1. The van der Waals surface area contributed by atoms with Crippen LogP contribution in [0.5, 0.6) is 5.88 Å². The number of carbonyl (C=O) groups excluding carboxylic acids is 2. The van der Waals surface area contributed by atoms with E-state index >= 15 is 0 Å². The number of ether oxygens (including phenoxy) is 1. The number of likely N-dealkylation sites (tertiary alicyclic amines) is 1. The van der Waals surface area contributed by atoms with Crippen molar-refractivity contribution in [2.75, 3.05) is 6.54 Å². The number of para-hydroxylation sites is 2. The van der Waals surface area contributed by atoms with E-state index in [2.05, 4.69) is 12.2 Å². The zero-order valence-electron chi connectivity index (χ0n) is 25.4. The van der Waals surface area contributed by atoms with E-state index in [4.69, 9.17) is 14.7 Å². The number of rotatable bonds is 12. The fourth-order valence-corrected chi connectivity index (χ4v) is 6.27. The number of fused-ring (bicyclic) bond motifs is 1. The lowest BCUT2D eigenvalue weighted by Crippen LogP contribution is -2.56. The summed E-state index contributed by atoms with van der Waals surface area (Å²) in [4.78, 5) is 49.5. The summed E-state index contributed by atoms with van der Waals surface area (Å²) in [5.74, 6) is 1.40. The van der Waals surface area contributed by atoms with Crippen LogP contribution in [0.15, 0.2) is 24.3 Å². The van der Waals surface area contributed by atoms with Gasteiger partial charge in [0.1, 0.15) is 17.8 Å². The molecular formula is C32H46N4O5. The summed E-state index contributed by atoms with van der Waals surface area (Å²) < 4.78 is 6.59. The van der Waals surface area contributed by atoms with Gasteiger partial charge in [-0.2, -0.15) is 0 Å². The van der Waals surface area contributed by atoms with Crippen molar-refractivity contribution < 1.29 is 24.2 Å². The number of hydrogen-bond donors (Lipinski definition) is 2. The molecule has 1 unspecified atom stereocenters. The van der Waals surface area contributed by atoms with Gasteiger partial charge in [0, 0.05) is 5.92 Å². The van der Waals surface area contributed by atoms with Crippen molar-refractivity contribution in [3.05, 3.63) is 30.0 Å². The molecule has 2 amide bonds. The minimum Gasteiger partial charge on any atom is -0.471 e. The number of carboxylic acid groups (broad SMARTS) is 1. The van der Waals surface area contributed by atoms with Crippen molar-refractivity contribution in [2.24, 2.45) is 23.2 Å². The first-order valence-electron chi connectivity index (χ1n) is 15.1. The Balaban J connectivity index is 1.57. The average molecular weight is 567 g/mol. The molecule has 2 fully saturated rings. The summed E-state index contributed by atoms with van der Waals surface area (Å²) >= 11 is 0. The van der Waals surface area contributed by atoms with Crippen LogP contribution in [0.25, 0.3) is 11.0 Å². The van der Waals surface area contributed by atoms with Gasteiger partial charge in [0.15, 0.2) is 5.78 Å². The van der Waals surface area contributed by atoms with Crippen LogP contribution in [-0.4, -0.2) is 62.5 Å². The van der Waals surface area contributed by atoms with E-state index in [0.29, 0.717) is 12.3 Å². The SMILES string of the molecule is CC[C@@H]1[C@@H](Oc2nc3ccccc3nc2CCCCC[C@@H]2CC2C)CN(C(=O)[C@@H](NC(=O)O)C(C)(C)C)[C@@H]1C(C)=O. The largest absolute Gasteiger partial charge is 0.471 e. The lowest BCUT2D eigenvalue weighted by Gasteiger charge is -2.35. The van der Waals surface area contributed by atoms with Gasteiger partial charge in [0.2, 0.25) is 11.8 Å². The molecule has 0 radical (unpaired) electrons. The Bertz CT molecular complexity index is 1260. The van der Waals surface area contributed by atoms with Crippen LogP contribution in [0.3, 0.4) is 0 Å². The van der Waals surface area contributed by atoms with Gasteiger partial charge >= 0.3 is 6.09 Å². The normalized spacial score (nSPS) is 24.7. The maximum atomic E-state index is 13.8. The molecule has 1 aromatic carbocycles. The van der Waals surface area contributed by atoms with Gasteiger partial charge in [0.05, 0.1) is 23.6 Å². The van der Waals surface area contributed by atoms with E-state index in [1.165, 1.54) is 31.1 Å². The lowest BCUT2D eigenvalue weighted by molar-refractivity contribution is -0.141. The highest BCUT2D eigenvalue weighted by Gasteiger charge is 2.50. The van der Waals surface area contributed by atoms with Gasteiger partial charge in [-0.15, -0.1) is 0 Å². The molecule has 0 spiro atoms. The summed E-state index contributed by atoms with van der Waals surface area (Å²) in [7, 11) is 0. The number of aryl methyl sites for hydroxylation is 1. The Kier molecular flexibility index (Phi) is 9.55. The van der Waals surface area contributed by atoms with E-state index < -0.39 is 35.6 Å². The first-order chi connectivity index (χ1) is 19.4. The van der Waals surface area contributed by atoms with Gasteiger partial charge in [-0.3, -0.25) is 9.59 Å². The molecule has 1 aliphatic carbocycles. The maximum Gasteiger partial charge on any atom is 0.405 e. The predicted octanol–water partition coefficient (Wildman–Crippen LogP) is 5.64. The topological polar surface area (TPSA) is 122 Å². The number of nitrogens with zero attached hydrogens (tertiary/aromatic N) is 3. The lowest BCUT2D eigenvalue weighted by atomic mass is 9.85. The molecule has 1 aliphatic heterocycles. The van der Waals surface area contributed by atoms with Crippen molar-refractivity contribution in [1.29, 1.82) is 0 Å². The number of amides is 2. The second kappa shape index (κ2) is 12.7. The molecule has 1 aromatic heterocycles. The van der Waals surface area contributed by atoms with Crippen molar-refractivity contribution in [1.82, 2.24) is 20.2 Å². The summed E-state index contributed by atoms with van der Waals surface area (Å²) in [6.07, 6.45) is 5.57. The van der Waals surface area contributed by atoms with Gasteiger partial charge in [-0.1, -0.05) is 66.0 Å². The first kappa shape index (κ1) is 30.7. The summed E-state index contributed by atoms with van der Waals surface area (Å²) in [6, 6.07) is 6.00. The Hall–Kier alpha value is -3.23. The third kappa shape index (κ3) is 7.35. The highest BCUT2D eigenvalue weighted by molar-refractivity contribution is 5.92. The molecule has 41 heavy (non-hydrogen) atoms. The molecule has 1 saturated carbocycles. The number of hydrogen-bond acceptors (Lipinski definition) is 6. The van der Waals surface area contributed by atoms with Crippen LogP contribution in [-0.2, 0) is 16.0 Å². The minimum absolute atomic E-state index is 0.144. The Morgan fingerprint density at radius 1 is 1.12 bits per heavy atom. The van der Waals surface area contributed by atoms with Gasteiger partial charge in [-0.05, 0) is 62.0 Å². The van der Waals surface area contributed by atoms with E-state index in [9.17, 15) is 19.5 Å². The number of nitrogens with one attached hydrogen (secondary N) is 1. The van der Waals surface area contributed by atoms with Crippen LogP contribution in [0.2, 0.25) is 0 Å². The third-order valence-corrected chi connectivity index (χ3v) is 8.78. The van der Waals surface area contributed by atoms with Gasteiger partial charge < -0.3 is 20.1 Å². The smallest absolute Gasteiger partial charge is 0.405 e. The first-order valence-corrected chi connectivity index (χ1v) is 15.1.